The standard InChI is InChI=1S/C26H20Cl2FN3O5/c1-2-32-23(12-20(33)24(26(34)35)25(32)15-9-10-18(27)19(28)11-15)37-14-17-6-4-8-22(31-17)36-13-16-5-3-7-21(29)30-16/h3-12H,2,13-14H2,1H3,(H,34,35). The summed E-state index contributed by atoms with van der Waals surface area (Å²) in [6.45, 7) is 2.07. The normalized spacial score (nSPS) is 10.8. The van der Waals surface area contributed by atoms with E-state index in [0.29, 0.717) is 28.5 Å². The first-order valence-corrected chi connectivity index (χ1v) is 11.8. The molecule has 0 saturated carbocycles. The van der Waals surface area contributed by atoms with Crippen LogP contribution in [0.15, 0.2) is 65.5 Å². The Morgan fingerprint density at radius 2 is 1.68 bits per heavy atom. The van der Waals surface area contributed by atoms with E-state index in [4.69, 9.17) is 32.7 Å². The Morgan fingerprint density at radius 3 is 2.35 bits per heavy atom. The lowest BCUT2D eigenvalue weighted by molar-refractivity contribution is 0.0695. The van der Waals surface area contributed by atoms with E-state index in [1.807, 2.05) is 0 Å². The highest BCUT2D eigenvalue weighted by Crippen LogP contribution is 2.32. The lowest BCUT2D eigenvalue weighted by Gasteiger charge is -2.20. The van der Waals surface area contributed by atoms with Crippen LogP contribution < -0.4 is 14.9 Å². The molecule has 1 aromatic carbocycles. The molecule has 0 spiro atoms. The quantitative estimate of drug-likeness (QED) is 0.273. The van der Waals surface area contributed by atoms with Crippen LogP contribution >= 0.6 is 23.2 Å². The van der Waals surface area contributed by atoms with Crippen molar-refractivity contribution in [2.45, 2.75) is 26.7 Å². The minimum atomic E-state index is -1.38. The minimum Gasteiger partial charge on any atom is -0.477 e. The Labute approximate surface area is 220 Å². The maximum absolute atomic E-state index is 13.3. The van der Waals surface area contributed by atoms with E-state index in [1.165, 1.54) is 24.3 Å². The molecule has 37 heavy (non-hydrogen) atoms. The summed E-state index contributed by atoms with van der Waals surface area (Å²) in [6.07, 6.45) is 0. The molecule has 3 heterocycles. The van der Waals surface area contributed by atoms with Gasteiger partial charge in [-0.2, -0.15) is 4.39 Å². The molecule has 4 rings (SSSR count). The van der Waals surface area contributed by atoms with E-state index >= 15 is 0 Å². The van der Waals surface area contributed by atoms with Crippen LogP contribution in [0.25, 0.3) is 11.3 Å². The van der Waals surface area contributed by atoms with Crippen LogP contribution in [0.2, 0.25) is 10.0 Å². The van der Waals surface area contributed by atoms with Gasteiger partial charge >= 0.3 is 5.97 Å². The van der Waals surface area contributed by atoms with Crippen LogP contribution in [0.5, 0.6) is 11.8 Å². The summed E-state index contributed by atoms with van der Waals surface area (Å²) in [7, 11) is 0. The number of aromatic nitrogens is 3. The molecule has 0 saturated heterocycles. The summed E-state index contributed by atoms with van der Waals surface area (Å²) in [6, 6.07) is 15.2. The van der Waals surface area contributed by atoms with Crippen molar-refractivity contribution in [1.29, 1.82) is 0 Å². The Bertz CT molecular complexity index is 1530. The van der Waals surface area contributed by atoms with Gasteiger partial charge < -0.3 is 19.1 Å². The molecule has 0 aliphatic heterocycles. The van der Waals surface area contributed by atoms with Crippen molar-refractivity contribution in [2.24, 2.45) is 0 Å². The fraction of sp³-hybridized carbons (Fsp3) is 0.154. The highest BCUT2D eigenvalue weighted by atomic mass is 35.5. The van der Waals surface area contributed by atoms with E-state index < -0.39 is 22.9 Å². The number of halogens is 3. The van der Waals surface area contributed by atoms with Gasteiger partial charge in [-0.15, -0.1) is 0 Å². The number of carboxylic acid groups (broad SMARTS) is 1. The maximum atomic E-state index is 13.3. The molecule has 4 aromatic rings. The summed E-state index contributed by atoms with van der Waals surface area (Å²) in [5.74, 6) is -1.56. The van der Waals surface area contributed by atoms with Gasteiger partial charge in [-0.25, -0.2) is 14.8 Å². The number of ether oxygens (including phenoxy) is 2. The highest BCUT2D eigenvalue weighted by molar-refractivity contribution is 6.42. The topological polar surface area (TPSA) is 104 Å². The number of aromatic carboxylic acids is 1. The number of nitrogens with zero attached hydrogens (tertiary/aromatic N) is 3. The van der Waals surface area contributed by atoms with Gasteiger partial charge in [0.15, 0.2) is 5.88 Å². The first kappa shape index (κ1) is 26.1. The number of benzene rings is 1. The van der Waals surface area contributed by atoms with Crippen LogP contribution in [-0.2, 0) is 19.8 Å². The maximum Gasteiger partial charge on any atom is 0.341 e. The molecular formula is C26H20Cl2FN3O5. The van der Waals surface area contributed by atoms with Gasteiger partial charge in [0.05, 0.1) is 27.1 Å². The number of hydrogen-bond acceptors (Lipinski definition) is 6. The average molecular weight is 544 g/mol. The third kappa shape index (κ3) is 6.07. The first-order chi connectivity index (χ1) is 17.8. The van der Waals surface area contributed by atoms with E-state index in [9.17, 15) is 19.1 Å². The molecule has 190 valence electrons. The van der Waals surface area contributed by atoms with Crippen LogP contribution in [0.1, 0.15) is 28.7 Å². The van der Waals surface area contributed by atoms with E-state index in [2.05, 4.69) is 9.97 Å². The first-order valence-electron chi connectivity index (χ1n) is 11.1. The predicted molar refractivity (Wildman–Crippen MR) is 136 cm³/mol. The van der Waals surface area contributed by atoms with Crippen molar-refractivity contribution < 1.29 is 23.8 Å². The fourth-order valence-electron chi connectivity index (χ4n) is 3.65. The number of hydrogen-bond donors (Lipinski definition) is 1. The molecule has 8 nitrogen and oxygen atoms in total. The Hall–Kier alpha value is -3.95. The molecule has 11 heteroatoms. The molecule has 0 amide bonds. The zero-order chi connectivity index (χ0) is 26.5. The molecule has 0 radical (unpaired) electrons. The third-order valence-electron chi connectivity index (χ3n) is 5.29. The second-order valence-corrected chi connectivity index (χ2v) is 8.56. The van der Waals surface area contributed by atoms with Crippen LogP contribution in [0.4, 0.5) is 4.39 Å². The summed E-state index contributed by atoms with van der Waals surface area (Å²) in [5, 5.41) is 10.3. The number of carbonyl (C=O) groups is 1. The summed E-state index contributed by atoms with van der Waals surface area (Å²) in [4.78, 5) is 32.9. The molecule has 0 atom stereocenters. The molecule has 1 N–H and O–H groups in total. The second-order valence-electron chi connectivity index (χ2n) is 7.74. The second kappa shape index (κ2) is 11.4. The summed E-state index contributed by atoms with van der Waals surface area (Å²) >= 11 is 12.2. The Kier molecular flexibility index (Phi) is 8.05. The van der Waals surface area contributed by atoms with Gasteiger partial charge in [-0.3, -0.25) is 4.79 Å². The Morgan fingerprint density at radius 1 is 0.973 bits per heavy atom. The Balaban J connectivity index is 1.62. The largest absolute Gasteiger partial charge is 0.477 e. The average Bonchev–Trinajstić information content (AvgIpc) is 2.87. The molecule has 0 unspecified atom stereocenters. The van der Waals surface area contributed by atoms with Crippen molar-refractivity contribution in [3.8, 4) is 23.0 Å². The van der Waals surface area contributed by atoms with Gasteiger partial charge in [0.25, 0.3) is 0 Å². The van der Waals surface area contributed by atoms with Crippen molar-refractivity contribution in [3.05, 3.63) is 104 Å². The van der Waals surface area contributed by atoms with Gasteiger partial charge in [0.2, 0.25) is 17.3 Å². The van der Waals surface area contributed by atoms with Crippen molar-refractivity contribution >= 4 is 29.2 Å². The van der Waals surface area contributed by atoms with Gasteiger partial charge in [0, 0.05) is 24.2 Å². The van der Waals surface area contributed by atoms with Gasteiger partial charge in [-0.1, -0.05) is 41.4 Å². The lowest BCUT2D eigenvalue weighted by Crippen LogP contribution is -2.22. The zero-order valence-electron chi connectivity index (χ0n) is 19.5. The minimum absolute atomic E-state index is 0.0219. The number of carboxylic acids is 1. The highest BCUT2D eigenvalue weighted by Gasteiger charge is 2.23. The molecule has 0 fully saturated rings. The molecule has 0 aliphatic carbocycles. The number of rotatable bonds is 9. The van der Waals surface area contributed by atoms with Crippen LogP contribution in [-0.4, -0.2) is 25.6 Å². The van der Waals surface area contributed by atoms with Crippen molar-refractivity contribution in [2.75, 3.05) is 0 Å². The van der Waals surface area contributed by atoms with E-state index in [-0.39, 0.29) is 35.7 Å². The summed E-state index contributed by atoms with van der Waals surface area (Å²) in [5.41, 5.74) is 0.300. The van der Waals surface area contributed by atoms with Crippen LogP contribution in [0.3, 0.4) is 0 Å². The van der Waals surface area contributed by atoms with E-state index in [1.54, 1.807) is 41.8 Å². The monoisotopic (exact) mass is 543 g/mol. The lowest BCUT2D eigenvalue weighted by atomic mass is 10.0. The molecule has 0 aliphatic rings. The zero-order valence-corrected chi connectivity index (χ0v) is 21.0. The fourth-order valence-corrected chi connectivity index (χ4v) is 3.95. The third-order valence-corrected chi connectivity index (χ3v) is 6.03. The predicted octanol–water partition coefficient (Wildman–Crippen LogP) is 5.63. The summed E-state index contributed by atoms with van der Waals surface area (Å²) < 4.78 is 26.4. The van der Waals surface area contributed by atoms with E-state index in [0.717, 1.165) is 6.07 Å². The van der Waals surface area contributed by atoms with Gasteiger partial charge in [-0.05, 0) is 37.3 Å². The van der Waals surface area contributed by atoms with Gasteiger partial charge in [0.1, 0.15) is 18.8 Å². The van der Waals surface area contributed by atoms with Crippen LogP contribution in [0, 0.1) is 5.95 Å². The molecule has 3 aromatic heterocycles. The van der Waals surface area contributed by atoms with Crippen molar-refractivity contribution in [3.63, 3.8) is 0 Å². The molecular weight excluding hydrogens is 524 g/mol. The smallest absolute Gasteiger partial charge is 0.341 e. The van der Waals surface area contributed by atoms with Crippen molar-refractivity contribution in [1.82, 2.24) is 14.5 Å². The number of pyridine rings is 3. The molecule has 0 bridgehead atoms. The SMILES string of the molecule is CCn1c(OCc2cccc(OCc3cccc(F)n3)n2)cc(=O)c(C(=O)O)c1-c1ccc(Cl)c(Cl)c1.